The van der Waals surface area contributed by atoms with Gasteiger partial charge < -0.3 is 0 Å². The van der Waals surface area contributed by atoms with Crippen molar-refractivity contribution in [3.63, 3.8) is 0 Å². The molecule has 0 spiro atoms. The molecule has 2 nitrogen and oxygen atoms in total. The second-order valence-corrected chi connectivity index (χ2v) is 3.27. The second-order valence-electron chi connectivity index (χ2n) is 3.27. The molecule has 0 radical (unpaired) electrons. The van der Waals surface area contributed by atoms with Crippen molar-refractivity contribution in [3.8, 4) is 0 Å². The third kappa shape index (κ3) is 1.89. The molecule has 13 heavy (non-hydrogen) atoms. The molecule has 1 rings (SSSR count). The Hall–Kier alpha value is -1.31. The van der Waals surface area contributed by atoms with Crippen LogP contribution in [-0.4, -0.2) is 11.7 Å². The van der Waals surface area contributed by atoms with Crippen LogP contribution in [0.5, 0.6) is 0 Å². The second kappa shape index (κ2) is 4.08. The molecule has 0 saturated heterocycles. The van der Waals surface area contributed by atoms with Gasteiger partial charge in [0.15, 0.2) is 0 Å². The number of nitrogens with zero attached hydrogens (tertiary/aromatic N) is 2. The van der Waals surface area contributed by atoms with E-state index in [4.69, 9.17) is 0 Å². The van der Waals surface area contributed by atoms with Crippen LogP contribution < -0.4 is 0 Å². The third-order valence-corrected chi connectivity index (χ3v) is 2.05. The first-order valence-electron chi connectivity index (χ1n) is 4.52. The average molecular weight is 176 g/mol. The van der Waals surface area contributed by atoms with Gasteiger partial charge in [0, 0.05) is 12.4 Å². The summed E-state index contributed by atoms with van der Waals surface area (Å²) < 4.78 is 0. The van der Waals surface area contributed by atoms with E-state index in [1.165, 1.54) is 5.70 Å². The van der Waals surface area contributed by atoms with E-state index in [0.717, 1.165) is 5.70 Å². The van der Waals surface area contributed by atoms with Gasteiger partial charge in [-0.1, -0.05) is 26.0 Å². The van der Waals surface area contributed by atoms with Crippen LogP contribution in [0.25, 0.3) is 0 Å². The molecule has 0 aromatic carbocycles. The maximum absolute atomic E-state index is 4.00. The third-order valence-electron chi connectivity index (χ3n) is 2.05. The Morgan fingerprint density at radius 1 is 1.54 bits per heavy atom. The summed E-state index contributed by atoms with van der Waals surface area (Å²) >= 11 is 0. The highest BCUT2D eigenvalue weighted by molar-refractivity contribution is 5.35. The minimum Gasteiger partial charge on any atom is -0.239 e. The van der Waals surface area contributed by atoms with Crippen molar-refractivity contribution < 1.29 is 0 Å². The fraction of sp³-hybridized carbons (Fsp3) is 0.364. The molecule has 0 amide bonds. The van der Waals surface area contributed by atoms with Crippen molar-refractivity contribution in [3.05, 3.63) is 35.7 Å². The molecule has 2 heteroatoms. The lowest BCUT2D eigenvalue weighted by Gasteiger charge is -2.27. The van der Waals surface area contributed by atoms with Crippen LogP contribution in [0.1, 0.15) is 20.8 Å². The topological polar surface area (TPSA) is 15.6 Å². The van der Waals surface area contributed by atoms with Crippen molar-refractivity contribution >= 4 is 6.72 Å². The summed E-state index contributed by atoms with van der Waals surface area (Å²) in [6.45, 7) is 9.88. The molecular weight excluding hydrogens is 160 g/mol. The molecule has 0 aromatic rings. The zero-order chi connectivity index (χ0) is 9.84. The van der Waals surface area contributed by atoms with Crippen molar-refractivity contribution in [2.45, 2.75) is 20.8 Å². The molecule has 1 aliphatic rings. The van der Waals surface area contributed by atoms with Gasteiger partial charge in [-0.15, -0.1) is 0 Å². The normalized spacial score (nSPS) is 19.5. The first kappa shape index (κ1) is 9.78. The van der Waals surface area contributed by atoms with Gasteiger partial charge >= 0.3 is 0 Å². The van der Waals surface area contributed by atoms with Crippen LogP contribution in [0.2, 0.25) is 0 Å². The van der Waals surface area contributed by atoms with Crippen LogP contribution >= 0.6 is 0 Å². The summed E-state index contributed by atoms with van der Waals surface area (Å²) in [6, 6.07) is 0. The Kier molecular flexibility index (Phi) is 3.07. The predicted molar refractivity (Wildman–Crippen MR) is 57.2 cm³/mol. The van der Waals surface area contributed by atoms with Crippen molar-refractivity contribution in [1.82, 2.24) is 5.01 Å². The minimum absolute atomic E-state index is 0.463. The average Bonchev–Trinajstić information content (AvgIpc) is 2.16. The maximum atomic E-state index is 4.00. The minimum atomic E-state index is 0.463. The smallest absolute Gasteiger partial charge is 0.0606 e. The number of hydrogen-bond acceptors (Lipinski definition) is 2. The molecule has 70 valence electrons. The molecule has 0 unspecified atom stereocenters. The van der Waals surface area contributed by atoms with E-state index in [1.807, 2.05) is 30.2 Å². The predicted octanol–water partition coefficient (Wildman–Crippen LogP) is 2.92. The van der Waals surface area contributed by atoms with E-state index in [-0.39, 0.29) is 0 Å². The number of hydrazone groups is 1. The van der Waals surface area contributed by atoms with Gasteiger partial charge in [-0.05, 0) is 25.0 Å². The summed E-state index contributed by atoms with van der Waals surface area (Å²) in [5, 5.41) is 5.88. The molecule has 0 saturated carbocycles. The first-order valence-corrected chi connectivity index (χ1v) is 4.52. The van der Waals surface area contributed by atoms with Crippen molar-refractivity contribution in [2.24, 2.45) is 11.0 Å². The van der Waals surface area contributed by atoms with Gasteiger partial charge in [0.1, 0.15) is 0 Å². The molecule has 0 aromatic heterocycles. The van der Waals surface area contributed by atoms with E-state index in [9.17, 15) is 0 Å². The van der Waals surface area contributed by atoms with Gasteiger partial charge in [0.2, 0.25) is 0 Å². The summed E-state index contributed by atoms with van der Waals surface area (Å²) in [5.74, 6) is 0.463. The molecule has 0 aliphatic carbocycles. The lowest BCUT2D eigenvalue weighted by molar-refractivity contribution is 0.413. The van der Waals surface area contributed by atoms with Crippen LogP contribution in [0.15, 0.2) is 40.8 Å². The van der Waals surface area contributed by atoms with Gasteiger partial charge in [0.25, 0.3) is 0 Å². The lowest BCUT2D eigenvalue weighted by Crippen LogP contribution is -2.20. The fourth-order valence-corrected chi connectivity index (χ4v) is 1.35. The molecular formula is C11H16N2. The molecule has 1 aliphatic heterocycles. The van der Waals surface area contributed by atoms with E-state index < -0.39 is 0 Å². The molecule has 0 atom stereocenters. The van der Waals surface area contributed by atoms with Crippen LogP contribution in [0.4, 0.5) is 0 Å². The Morgan fingerprint density at radius 3 is 2.69 bits per heavy atom. The van der Waals surface area contributed by atoms with E-state index in [2.05, 4.69) is 31.7 Å². The summed E-state index contributed by atoms with van der Waals surface area (Å²) in [4.78, 5) is 0. The number of rotatable bonds is 2. The zero-order valence-corrected chi connectivity index (χ0v) is 8.49. The zero-order valence-electron chi connectivity index (χ0n) is 8.49. The first-order chi connectivity index (χ1) is 6.20. The van der Waals surface area contributed by atoms with Crippen molar-refractivity contribution in [2.75, 3.05) is 0 Å². The standard InChI is InChI=1S/C11H16N2/c1-5-10-7-6-8-11(9(2)3)13(10)12-4/h5-9H,4H2,1-3H3/b10-5-. The summed E-state index contributed by atoms with van der Waals surface area (Å²) in [6.07, 6.45) is 8.18. The van der Waals surface area contributed by atoms with E-state index in [1.54, 1.807) is 0 Å². The Labute approximate surface area is 79.9 Å². The molecule has 0 N–H and O–H groups in total. The highest BCUT2D eigenvalue weighted by Gasteiger charge is 2.15. The van der Waals surface area contributed by atoms with Gasteiger partial charge in [-0.2, -0.15) is 5.10 Å². The van der Waals surface area contributed by atoms with Gasteiger partial charge in [-0.3, -0.25) is 0 Å². The number of hydrogen-bond donors (Lipinski definition) is 0. The molecule has 0 bridgehead atoms. The SMILES string of the molecule is C=NN1C(C(C)C)=CC=C/C1=C/C. The summed E-state index contributed by atoms with van der Waals surface area (Å²) in [7, 11) is 0. The molecule has 1 heterocycles. The van der Waals surface area contributed by atoms with Crippen LogP contribution in [-0.2, 0) is 0 Å². The van der Waals surface area contributed by atoms with Gasteiger partial charge in [0.05, 0.1) is 5.70 Å². The lowest BCUT2D eigenvalue weighted by atomic mass is 10.1. The van der Waals surface area contributed by atoms with Gasteiger partial charge in [-0.25, -0.2) is 5.01 Å². The maximum Gasteiger partial charge on any atom is 0.0606 e. The fourth-order valence-electron chi connectivity index (χ4n) is 1.35. The highest BCUT2D eigenvalue weighted by atomic mass is 15.5. The Bertz CT molecular complexity index is 282. The Balaban J connectivity index is 3.02. The van der Waals surface area contributed by atoms with E-state index in [0.29, 0.717) is 5.92 Å². The monoisotopic (exact) mass is 176 g/mol. The van der Waals surface area contributed by atoms with Crippen LogP contribution in [0.3, 0.4) is 0 Å². The summed E-state index contributed by atoms with van der Waals surface area (Å²) in [5.41, 5.74) is 2.27. The van der Waals surface area contributed by atoms with E-state index >= 15 is 0 Å². The number of allylic oxidation sites excluding steroid dienone is 5. The van der Waals surface area contributed by atoms with Crippen LogP contribution in [0, 0.1) is 5.92 Å². The van der Waals surface area contributed by atoms with Crippen molar-refractivity contribution in [1.29, 1.82) is 0 Å². The molecule has 0 fully saturated rings. The largest absolute Gasteiger partial charge is 0.239 e. The highest BCUT2D eigenvalue weighted by Crippen LogP contribution is 2.24. The quantitative estimate of drug-likeness (QED) is 0.591. The Morgan fingerprint density at radius 2 is 2.23 bits per heavy atom.